The molecule has 0 radical (unpaired) electrons. The van der Waals surface area contributed by atoms with E-state index in [0.717, 1.165) is 0 Å². The van der Waals surface area contributed by atoms with Crippen molar-refractivity contribution in [3.63, 3.8) is 0 Å². The number of nitrogens with one attached hydrogen (secondary N) is 1. The Balaban J connectivity index is 2.70. The molecule has 0 saturated heterocycles. The number of hydrogen-bond donors (Lipinski definition) is 2. The number of benzene rings is 1. The molecule has 0 aliphatic carbocycles. The van der Waals surface area contributed by atoms with Crippen LogP contribution in [0.25, 0.3) is 0 Å². The third kappa shape index (κ3) is 4.79. The van der Waals surface area contributed by atoms with E-state index < -0.39 is 5.97 Å². The van der Waals surface area contributed by atoms with Crippen LogP contribution in [0.15, 0.2) is 24.3 Å². The molecule has 0 fully saturated rings. The molecule has 0 unspecified atom stereocenters. The molecule has 0 aliphatic rings. The smallest absolute Gasteiger partial charge is 0.321 e. The summed E-state index contributed by atoms with van der Waals surface area (Å²) in [5.41, 5.74) is 0.577. The Morgan fingerprint density at radius 2 is 2.00 bits per heavy atom. The maximum atomic E-state index is 12.1. The van der Waals surface area contributed by atoms with Gasteiger partial charge in [0.05, 0.1) is 18.7 Å². The van der Waals surface area contributed by atoms with E-state index in [0.29, 0.717) is 24.6 Å². The maximum Gasteiger partial charge on any atom is 0.321 e. The summed E-state index contributed by atoms with van der Waals surface area (Å²) in [6.45, 7) is 4.79. The maximum absolute atomic E-state index is 12.1. The molecule has 1 aromatic rings. The highest BCUT2D eigenvalue weighted by Crippen LogP contribution is 2.23. The molecule has 0 bridgehead atoms. The quantitative estimate of drug-likeness (QED) is 0.804. The molecule has 0 saturated carbocycles. The van der Waals surface area contributed by atoms with Crippen LogP contribution >= 0.6 is 0 Å². The van der Waals surface area contributed by atoms with Crippen molar-refractivity contribution in [1.29, 1.82) is 0 Å². The number of carboxylic acid groups (broad SMARTS) is 1. The summed E-state index contributed by atoms with van der Waals surface area (Å²) >= 11 is 0. The van der Waals surface area contributed by atoms with E-state index in [1.807, 2.05) is 13.0 Å². The van der Waals surface area contributed by atoms with Gasteiger partial charge >= 0.3 is 12.0 Å². The summed E-state index contributed by atoms with van der Waals surface area (Å²) in [7, 11) is 0. The van der Waals surface area contributed by atoms with Crippen molar-refractivity contribution in [2.75, 3.05) is 25.0 Å². The lowest BCUT2D eigenvalue weighted by atomic mass is 10.3. The van der Waals surface area contributed by atoms with Crippen LogP contribution in [0.3, 0.4) is 0 Å². The van der Waals surface area contributed by atoms with Gasteiger partial charge in [-0.15, -0.1) is 0 Å². The SMILES string of the molecule is CCOc1ccccc1NC(=O)N(CC)CCC(=O)O. The minimum absolute atomic E-state index is 0.0750. The predicted octanol–water partition coefficient (Wildman–Crippen LogP) is 2.41. The number of anilines is 1. The summed E-state index contributed by atoms with van der Waals surface area (Å²) in [6.07, 6.45) is -0.0750. The largest absolute Gasteiger partial charge is 0.492 e. The number of carbonyl (C=O) groups is 2. The molecular formula is C14H20N2O4. The van der Waals surface area contributed by atoms with Gasteiger partial charge in [-0.05, 0) is 26.0 Å². The molecule has 110 valence electrons. The van der Waals surface area contributed by atoms with E-state index in [1.54, 1.807) is 25.1 Å². The average molecular weight is 280 g/mol. The Labute approximate surface area is 118 Å². The zero-order valence-corrected chi connectivity index (χ0v) is 11.8. The van der Waals surface area contributed by atoms with Crippen LogP contribution in [-0.4, -0.2) is 41.7 Å². The molecule has 2 N–H and O–H groups in total. The molecule has 1 aromatic carbocycles. The first-order chi connectivity index (χ1) is 9.58. The first-order valence-electron chi connectivity index (χ1n) is 6.58. The molecule has 6 nitrogen and oxygen atoms in total. The lowest BCUT2D eigenvalue weighted by Crippen LogP contribution is -2.36. The number of carboxylic acids is 1. The number of aliphatic carboxylic acids is 1. The van der Waals surface area contributed by atoms with E-state index in [-0.39, 0.29) is 19.0 Å². The van der Waals surface area contributed by atoms with E-state index in [1.165, 1.54) is 4.90 Å². The van der Waals surface area contributed by atoms with Gasteiger partial charge in [-0.25, -0.2) is 4.79 Å². The van der Waals surface area contributed by atoms with Crippen LogP contribution in [0.2, 0.25) is 0 Å². The Kier molecular flexibility index (Phi) is 6.36. The average Bonchev–Trinajstić information content (AvgIpc) is 2.41. The number of nitrogens with zero attached hydrogens (tertiary/aromatic N) is 1. The van der Waals surface area contributed by atoms with Gasteiger partial charge in [-0.1, -0.05) is 12.1 Å². The molecule has 1 rings (SSSR count). The van der Waals surface area contributed by atoms with Gasteiger partial charge in [-0.3, -0.25) is 4.79 Å². The summed E-state index contributed by atoms with van der Waals surface area (Å²) in [5.74, 6) is -0.330. The number of para-hydroxylation sites is 2. The van der Waals surface area contributed by atoms with E-state index >= 15 is 0 Å². The second-order valence-corrected chi connectivity index (χ2v) is 4.08. The van der Waals surface area contributed by atoms with Crippen molar-refractivity contribution in [3.8, 4) is 5.75 Å². The Bertz CT molecular complexity index is 462. The number of rotatable bonds is 7. The molecule has 20 heavy (non-hydrogen) atoms. The Morgan fingerprint density at radius 1 is 1.30 bits per heavy atom. The lowest BCUT2D eigenvalue weighted by molar-refractivity contribution is -0.137. The highest BCUT2D eigenvalue weighted by molar-refractivity contribution is 5.91. The van der Waals surface area contributed by atoms with Gasteiger partial charge in [0.1, 0.15) is 5.75 Å². The highest BCUT2D eigenvalue weighted by atomic mass is 16.5. The number of amides is 2. The van der Waals surface area contributed by atoms with Crippen LogP contribution in [0, 0.1) is 0 Å². The molecule has 0 aliphatic heterocycles. The second-order valence-electron chi connectivity index (χ2n) is 4.08. The van der Waals surface area contributed by atoms with Crippen molar-refractivity contribution in [1.82, 2.24) is 4.90 Å². The number of ether oxygens (including phenoxy) is 1. The van der Waals surface area contributed by atoms with Gasteiger partial charge < -0.3 is 20.1 Å². The fourth-order valence-corrected chi connectivity index (χ4v) is 1.68. The summed E-state index contributed by atoms with van der Waals surface area (Å²) in [6, 6.07) is 6.80. The molecule has 0 heterocycles. The van der Waals surface area contributed by atoms with E-state index in [2.05, 4.69) is 5.32 Å². The molecule has 6 heteroatoms. The Morgan fingerprint density at radius 3 is 2.60 bits per heavy atom. The normalized spacial score (nSPS) is 9.90. The van der Waals surface area contributed by atoms with Crippen molar-refractivity contribution >= 4 is 17.7 Å². The predicted molar refractivity (Wildman–Crippen MR) is 76.1 cm³/mol. The van der Waals surface area contributed by atoms with Gasteiger partial charge in [-0.2, -0.15) is 0 Å². The number of urea groups is 1. The topological polar surface area (TPSA) is 78.9 Å². The minimum atomic E-state index is -0.925. The monoisotopic (exact) mass is 280 g/mol. The molecule has 0 atom stereocenters. The van der Waals surface area contributed by atoms with Crippen molar-refractivity contribution in [2.24, 2.45) is 0 Å². The third-order valence-corrected chi connectivity index (χ3v) is 2.69. The van der Waals surface area contributed by atoms with Gasteiger partial charge in [0.25, 0.3) is 0 Å². The number of hydrogen-bond acceptors (Lipinski definition) is 3. The molecule has 0 aromatic heterocycles. The van der Waals surface area contributed by atoms with Gasteiger partial charge in [0.15, 0.2) is 0 Å². The lowest BCUT2D eigenvalue weighted by Gasteiger charge is -2.21. The fraction of sp³-hybridized carbons (Fsp3) is 0.429. The second kappa shape index (κ2) is 8.04. The van der Waals surface area contributed by atoms with Crippen molar-refractivity contribution < 1.29 is 19.4 Å². The van der Waals surface area contributed by atoms with Gasteiger partial charge in [0.2, 0.25) is 0 Å². The van der Waals surface area contributed by atoms with Crippen molar-refractivity contribution in [2.45, 2.75) is 20.3 Å². The summed E-state index contributed by atoms with van der Waals surface area (Å²) < 4.78 is 5.42. The molecular weight excluding hydrogens is 260 g/mol. The first kappa shape index (κ1) is 15.8. The Hall–Kier alpha value is -2.24. The fourth-order valence-electron chi connectivity index (χ4n) is 1.68. The summed E-state index contributed by atoms with van der Waals surface area (Å²) in [5, 5.41) is 11.4. The standard InChI is InChI=1S/C14H20N2O4/c1-3-16(10-9-13(17)18)14(19)15-11-7-5-6-8-12(11)20-4-2/h5-8H,3-4,9-10H2,1-2H3,(H,15,19)(H,17,18). The van der Waals surface area contributed by atoms with Gasteiger partial charge in [0, 0.05) is 13.1 Å². The van der Waals surface area contributed by atoms with Crippen molar-refractivity contribution in [3.05, 3.63) is 24.3 Å². The van der Waals surface area contributed by atoms with Crippen LogP contribution < -0.4 is 10.1 Å². The zero-order valence-electron chi connectivity index (χ0n) is 11.8. The van der Waals surface area contributed by atoms with Crippen LogP contribution in [0.4, 0.5) is 10.5 Å². The van der Waals surface area contributed by atoms with Crippen LogP contribution in [0.5, 0.6) is 5.75 Å². The molecule has 2 amide bonds. The zero-order chi connectivity index (χ0) is 15.0. The van der Waals surface area contributed by atoms with Crippen LogP contribution in [0.1, 0.15) is 20.3 Å². The van der Waals surface area contributed by atoms with E-state index in [4.69, 9.17) is 9.84 Å². The minimum Gasteiger partial charge on any atom is -0.492 e. The summed E-state index contributed by atoms with van der Waals surface area (Å²) in [4.78, 5) is 24.1. The number of carbonyl (C=O) groups excluding carboxylic acids is 1. The van der Waals surface area contributed by atoms with Crippen LogP contribution in [-0.2, 0) is 4.79 Å². The third-order valence-electron chi connectivity index (χ3n) is 2.69. The molecule has 0 spiro atoms. The van der Waals surface area contributed by atoms with E-state index in [9.17, 15) is 9.59 Å². The highest BCUT2D eigenvalue weighted by Gasteiger charge is 2.14. The first-order valence-corrected chi connectivity index (χ1v) is 6.58.